The second-order valence-corrected chi connectivity index (χ2v) is 8.91. The van der Waals surface area contributed by atoms with Crippen LogP contribution in [0.4, 0.5) is 19.0 Å². The average Bonchev–Trinajstić information content (AvgIpc) is 3.28. The fourth-order valence-electron chi connectivity index (χ4n) is 4.57. The highest BCUT2D eigenvalue weighted by Crippen LogP contribution is 2.50. The smallest absolute Gasteiger partial charge is 0.417 e. The molecule has 2 aromatic heterocycles. The van der Waals surface area contributed by atoms with Gasteiger partial charge in [-0.1, -0.05) is 5.16 Å². The van der Waals surface area contributed by atoms with Gasteiger partial charge in [-0.2, -0.15) is 13.2 Å². The molecular weight excluding hydrogens is 465 g/mol. The van der Waals surface area contributed by atoms with Crippen molar-refractivity contribution >= 4 is 11.7 Å². The first-order chi connectivity index (χ1) is 16.8. The third kappa shape index (κ3) is 3.84. The molecule has 1 saturated carbocycles. The standard InChI is InChI=1S/C24H21F3N4O4/c25-24(26,27)16-2-4-21(28-13-16)30-7-9-31(10-8-30)22(32)23(5-6-23)20-12-18(35-29-20)15-1-3-17-19(11-15)34-14-33-17/h1-4,11-13H,5-10,14H2. The predicted molar refractivity (Wildman–Crippen MR) is 117 cm³/mol. The molecule has 0 unspecified atom stereocenters. The number of piperazine rings is 1. The molecule has 1 amide bonds. The van der Waals surface area contributed by atoms with E-state index in [-0.39, 0.29) is 12.7 Å². The van der Waals surface area contributed by atoms with Crippen LogP contribution >= 0.6 is 0 Å². The number of amides is 1. The Morgan fingerprint density at radius 3 is 2.43 bits per heavy atom. The maximum absolute atomic E-state index is 13.4. The topological polar surface area (TPSA) is 80.9 Å². The first-order valence-corrected chi connectivity index (χ1v) is 11.3. The molecule has 0 bridgehead atoms. The number of alkyl halides is 3. The summed E-state index contributed by atoms with van der Waals surface area (Å²) in [5.41, 5.74) is -0.0678. The number of ether oxygens (including phenoxy) is 2. The molecule has 1 saturated heterocycles. The zero-order valence-corrected chi connectivity index (χ0v) is 18.5. The molecule has 8 nitrogen and oxygen atoms in total. The van der Waals surface area contributed by atoms with Gasteiger partial charge >= 0.3 is 6.18 Å². The largest absolute Gasteiger partial charge is 0.454 e. The summed E-state index contributed by atoms with van der Waals surface area (Å²) in [5.74, 6) is 2.33. The number of rotatable bonds is 4. The minimum absolute atomic E-state index is 0.00284. The third-order valence-corrected chi connectivity index (χ3v) is 6.78. The quantitative estimate of drug-likeness (QED) is 0.554. The van der Waals surface area contributed by atoms with Crippen molar-refractivity contribution < 1.29 is 32.0 Å². The first-order valence-electron chi connectivity index (χ1n) is 11.3. The fourth-order valence-corrected chi connectivity index (χ4v) is 4.57. The van der Waals surface area contributed by atoms with Crippen molar-refractivity contribution in [3.63, 3.8) is 0 Å². The number of carbonyl (C=O) groups is 1. The highest BCUT2D eigenvalue weighted by Gasteiger charge is 2.55. The van der Waals surface area contributed by atoms with Crippen molar-refractivity contribution in [3.8, 4) is 22.8 Å². The number of hydrogen-bond donors (Lipinski definition) is 0. The number of fused-ring (bicyclic) bond motifs is 1. The Balaban J connectivity index is 1.12. The van der Waals surface area contributed by atoms with Gasteiger partial charge in [0, 0.05) is 44.0 Å². The number of hydrogen-bond acceptors (Lipinski definition) is 7. The Kier molecular flexibility index (Phi) is 4.90. The maximum Gasteiger partial charge on any atom is 0.417 e. The molecule has 3 aromatic rings. The average molecular weight is 486 g/mol. The minimum Gasteiger partial charge on any atom is -0.454 e. The molecule has 4 heterocycles. The maximum atomic E-state index is 13.4. The van der Waals surface area contributed by atoms with Crippen molar-refractivity contribution in [1.82, 2.24) is 15.0 Å². The molecule has 35 heavy (non-hydrogen) atoms. The van der Waals surface area contributed by atoms with Crippen LogP contribution in [0.15, 0.2) is 47.1 Å². The van der Waals surface area contributed by atoms with E-state index in [1.807, 2.05) is 29.2 Å². The number of carbonyl (C=O) groups excluding carboxylic acids is 1. The molecule has 2 fully saturated rings. The van der Waals surface area contributed by atoms with Gasteiger partial charge in [-0.15, -0.1) is 0 Å². The molecule has 11 heteroatoms. The summed E-state index contributed by atoms with van der Waals surface area (Å²) in [6.45, 7) is 2.06. The van der Waals surface area contributed by atoms with Crippen LogP contribution in [0, 0.1) is 0 Å². The number of halogens is 3. The minimum atomic E-state index is -4.42. The zero-order valence-electron chi connectivity index (χ0n) is 18.5. The van der Waals surface area contributed by atoms with Gasteiger partial charge in [-0.3, -0.25) is 4.79 Å². The first kappa shape index (κ1) is 21.8. The summed E-state index contributed by atoms with van der Waals surface area (Å²) in [4.78, 5) is 21.1. The Morgan fingerprint density at radius 1 is 0.971 bits per heavy atom. The molecule has 1 aliphatic carbocycles. The molecule has 0 spiro atoms. The van der Waals surface area contributed by atoms with Crippen LogP contribution in [0.25, 0.3) is 11.3 Å². The fraction of sp³-hybridized carbons (Fsp3) is 0.375. The molecule has 182 valence electrons. The Labute approximate surface area is 198 Å². The van der Waals surface area contributed by atoms with Gasteiger partial charge in [-0.25, -0.2) is 4.98 Å². The van der Waals surface area contributed by atoms with Crippen molar-refractivity contribution in [3.05, 3.63) is 53.9 Å². The van der Waals surface area contributed by atoms with E-state index in [1.165, 1.54) is 6.07 Å². The van der Waals surface area contributed by atoms with E-state index >= 15 is 0 Å². The van der Waals surface area contributed by atoms with E-state index in [0.717, 1.165) is 17.8 Å². The van der Waals surface area contributed by atoms with Gasteiger partial charge in [0.2, 0.25) is 12.7 Å². The van der Waals surface area contributed by atoms with Crippen molar-refractivity contribution in [2.24, 2.45) is 0 Å². The lowest BCUT2D eigenvalue weighted by Crippen LogP contribution is -2.51. The molecule has 2 aliphatic heterocycles. The summed E-state index contributed by atoms with van der Waals surface area (Å²) < 4.78 is 54.7. The molecule has 6 rings (SSSR count). The van der Waals surface area contributed by atoms with Gasteiger partial charge in [-0.05, 0) is 43.2 Å². The van der Waals surface area contributed by atoms with Crippen LogP contribution in [0.3, 0.4) is 0 Å². The SMILES string of the molecule is O=C(N1CCN(c2ccc(C(F)(F)F)cn2)CC1)C1(c2cc(-c3ccc4c(c3)OCO4)on2)CC1. The second kappa shape index (κ2) is 7.89. The number of anilines is 1. The van der Waals surface area contributed by atoms with Crippen LogP contribution in [-0.4, -0.2) is 53.9 Å². The summed E-state index contributed by atoms with van der Waals surface area (Å²) >= 11 is 0. The number of pyridine rings is 1. The Morgan fingerprint density at radius 2 is 1.74 bits per heavy atom. The van der Waals surface area contributed by atoms with Crippen LogP contribution in [0.5, 0.6) is 11.5 Å². The zero-order chi connectivity index (χ0) is 24.2. The number of benzene rings is 1. The summed E-state index contributed by atoms with van der Waals surface area (Å²) in [5, 5.41) is 4.22. The number of aromatic nitrogens is 2. The lowest BCUT2D eigenvalue weighted by molar-refractivity contribution is -0.138. The van der Waals surface area contributed by atoms with E-state index in [4.69, 9.17) is 14.0 Å². The predicted octanol–water partition coefficient (Wildman–Crippen LogP) is 3.86. The van der Waals surface area contributed by atoms with Crippen molar-refractivity contribution in [2.45, 2.75) is 24.4 Å². The summed E-state index contributed by atoms with van der Waals surface area (Å²) in [6.07, 6.45) is -2.19. The van der Waals surface area contributed by atoms with Gasteiger partial charge in [0.25, 0.3) is 0 Å². The van der Waals surface area contributed by atoms with E-state index in [1.54, 1.807) is 4.90 Å². The van der Waals surface area contributed by atoms with Crippen LogP contribution in [-0.2, 0) is 16.4 Å². The molecule has 0 atom stereocenters. The molecule has 1 aromatic carbocycles. The highest BCUT2D eigenvalue weighted by atomic mass is 19.4. The number of nitrogens with zero attached hydrogens (tertiary/aromatic N) is 4. The van der Waals surface area contributed by atoms with Gasteiger partial charge < -0.3 is 23.8 Å². The van der Waals surface area contributed by atoms with Gasteiger partial charge in [0.15, 0.2) is 17.3 Å². The highest BCUT2D eigenvalue weighted by molar-refractivity contribution is 5.91. The molecule has 0 radical (unpaired) electrons. The lowest BCUT2D eigenvalue weighted by Gasteiger charge is -2.37. The van der Waals surface area contributed by atoms with Crippen LogP contribution in [0.2, 0.25) is 0 Å². The van der Waals surface area contributed by atoms with Gasteiger partial charge in [0.05, 0.1) is 16.7 Å². The lowest BCUT2D eigenvalue weighted by atomic mass is 9.99. The van der Waals surface area contributed by atoms with Crippen molar-refractivity contribution in [2.75, 3.05) is 37.9 Å². The van der Waals surface area contributed by atoms with Crippen LogP contribution in [0.1, 0.15) is 24.1 Å². The molecule has 3 aliphatic rings. The summed E-state index contributed by atoms with van der Waals surface area (Å²) in [6, 6.07) is 9.70. The Bertz CT molecular complexity index is 1260. The summed E-state index contributed by atoms with van der Waals surface area (Å²) in [7, 11) is 0. The van der Waals surface area contributed by atoms with E-state index in [9.17, 15) is 18.0 Å². The normalized spacial score (nSPS) is 18.6. The van der Waals surface area contributed by atoms with Crippen molar-refractivity contribution in [1.29, 1.82) is 0 Å². The monoisotopic (exact) mass is 486 g/mol. The Hall–Kier alpha value is -3.76. The van der Waals surface area contributed by atoms with Crippen LogP contribution < -0.4 is 14.4 Å². The van der Waals surface area contributed by atoms with E-state index < -0.39 is 17.2 Å². The van der Waals surface area contributed by atoms with E-state index in [0.29, 0.717) is 67.8 Å². The third-order valence-electron chi connectivity index (χ3n) is 6.78. The second-order valence-electron chi connectivity index (χ2n) is 8.91. The molecular formula is C24H21F3N4O4. The van der Waals surface area contributed by atoms with E-state index in [2.05, 4.69) is 10.1 Å². The van der Waals surface area contributed by atoms with Gasteiger partial charge in [0.1, 0.15) is 5.82 Å². The molecule has 0 N–H and O–H groups in total.